The second-order valence-corrected chi connectivity index (χ2v) is 5.11. The standard InChI is InChI=1S/C15H19NO6/c1-9(2)22-14(19)6-16-11-4-10(7-17)5-12(20-3)15(11)21-8-13(16)18/h4-5,9,17H,6-8H2,1-3H3. The first-order valence-electron chi connectivity index (χ1n) is 6.90. The van der Waals surface area contributed by atoms with Gasteiger partial charge in [0.1, 0.15) is 6.54 Å². The fraction of sp³-hybridized carbons (Fsp3) is 0.467. The van der Waals surface area contributed by atoms with Crippen LogP contribution in [0, 0.1) is 0 Å². The maximum atomic E-state index is 12.1. The lowest BCUT2D eigenvalue weighted by atomic mass is 10.1. The highest BCUT2D eigenvalue weighted by Gasteiger charge is 2.30. The van der Waals surface area contributed by atoms with Crippen LogP contribution in [0.3, 0.4) is 0 Å². The summed E-state index contributed by atoms with van der Waals surface area (Å²) in [6.45, 7) is 2.85. The number of aliphatic hydroxyl groups is 1. The van der Waals surface area contributed by atoms with Crippen LogP contribution in [0.1, 0.15) is 19.4 Å². The molecule has 1 aliphatic heterocycles. The molecular weight excluding hydrogens is 290 g/mol. The van der Waals surface area contributed by atoms with Crippen LogP contribution in [0.5, 0.6) is 11.5 Å². The summed E-state index contributed by atoms with van der Waals surface area (Å²) in [6, 6.07) is 3.22. The Kier molecular flexibility index (Phi) is 4.87. The van der Waals surface area contributed by atoms with E-state index in [1.165, 1.54) is 12.0 Å². The van der Waals surface area contributed by atoms with E-state index in [1.807, 2.05) is 0 Å². The highest BCUT2D eigenvalue weighted by Crippen LogP contribution is 2.41. The van der Waals surface area contributed by atoms with E-state index < -0.39 is 5.97 Å². The van der Waals surface area contributed by atoms with Crippen molar-refractivity contribution < 1.29 is 28.9 Å². The average molecular weight is 309 g/mol. The minimum Gasteiger partial charge on any atom is -0.493 e. The molecule has 0 bridgehead atoms. The Bertz CT molecular complexity index is 584. The summed E-state index contributed by atoms with van der Waals surface area (Å²) < 4.78 is 15.7. The smallest absolute Gasteiger partial charge is 0.326 e. The van der Waals surface area contributed by atoms with Crippen molar-refractivity contribution >= 4 is 17.6 Å². The van der Waals surface area contributed by atoms with E-state index in [0.717, 1.165) is 0 Å². The molecule has 1 amide bonds. The molecule has 1 heterocycles. The third kappa shape index (κ3) is 3.30. The number of hydrogen-bond donors (Lipinski definition) is 1. The monoisotopic (exact) mass is 309 g/mol. The number of amides is 1. The molecule has 0 aromatic heterocycles. The number of aliphatic hydroxyl groups excluding tert-OH is 1. The van der Waals surface area contributed by atoms with Gasteiger partial charge in [-0.25, -0.2) is 0 Å². The van der Waals surface area contributed by atoms with Crippen molar-refractivity contribution in [3.63, 3.8) is 0 Å². The van der Waals surface area contributed by atoms with Gasteiger partial charge >= 0.3 is 5.97 Å². The summed E-state index contributed by atoms with van der Waals surface area (Å²) in [7, 11) is 1.47. The second kappa shape index (κ2) is 6.65. The number of rotatable bonds is 5. The van der Waals surface area contributed by atoms with Gasteiger partial charge in [0.15, 0.2) is 18.1 Å². The molecule has 0 spiro atoms. The van der Waals surface area contributed by atoms with Gasteiger partial charge in [-0.2, -0.15) is 0 Å². The average Bonchev–Trinajstić information content (AvgIpc) is 2.48. The first-order valence-corrected chi connectivity index (χ1v) is 6.90. The molecule has 1 aromatic carbocycles. The number of carbonyl (C=O) groups excluding carboxylic acids is 2. The van der Waals surface area contributed by atoms with Gasteiger partial charge in [0, 0.05) is 0 Å². The van der Waals surface area contributed by atoms with Crippen LogP contribution >= 0.6 is 0 Å². The van der Waals surface area contributed by atoms with Gasteiger partial charge in [0.05, 0.1) is 25.5 Å². The Morgan fingerprint density at radius 1 is 1.45 bits per heavy atom. The first-order chi connectivity index (χ1) is 10.5. The predicted molar refractivity (Wildman–Crippen MR) is 78.0 cm³/mol. The molecule has 0 aliphatic carbocycles. The highest BCUT2D eigenvalue weighted by atomic mass is 16.5. The van der Waals surface area contributed by atoms with Crippen LogP contribution in [0.15, 0.2) is 12.1 Å². The molecule has 0 radical (unpaired) electrons. The van der Waals surface area contributed by atoms with Crippen LogP contribution in [0.25, 0.3) is 0 Å². The van der Waals surface area contributed by atoms with E-state index in [2.05, 4.69) is 0 Å². The number of fused-ring (bicyclic) bond motifs is 1. The van der Waals surface area contributed by atoms with Gasteiger partial charge in [-0.15, -0.1) is 0 Å². The van der Waals surface area contributed by atoms with Crippen molar-refractivity contribution in [3.05, 3.63) is 17.7 Å². The Labute approximate surface area is 128 Å². The van der Waals surface area contributed by atoms with Crippen LogP contribution in [-0.4, -0.2) is 43.3 Å². The van der Waals surface area contributed by atoms with Crippen molar-refractivity contribution in [2.45, 2.75) is 26.6 Å². The van der Waals surface area contributed by atoms with Crippen molar-refractivity contribution in [3.8, 4) is 11.5 Å². The van der Waals surface area contributed by atoms with Gasteiger partial charge in [-0.05, 0) is 31.5 Å². The summed E-state index contributed by atoms with van der Waals surface area (Å²) >= 11 is 0. The summed E-state index contributed by atoms with van der Waals surface area (Å²) in [4.78, 5) is 25.2. The molecule has 0 unspecified atom stereocenters. The minimum atomic E-state index is -0.510. The number of esters is 1. The third-order valence-electron chi connectivity index (χ3n) is 3.08. The minimum absolute atomic E-state index is 0.184. The molecule has 0 fully saturated rings. The Balaban J connectivity index is 2.37. The lowest BCUT2D eigenvalue weighted by molar-refractivity contribution is -0.146. The maximum absolute atomic E-state index is 12.1. The molecule has 1 N–H and O–H groups in total. The lowest BCUT2D eigenvalue weighted by Gasteiger charge is -2.30. The van der Waals surface area contributed by atoms with Gasteiger partial charge in [-0.1, -0.05) is 0 Å². The zero-order chi connectivity index (χ0) is 16.3. The van der Waals surface area contributed by atoms with E-state index in [-0.39, 0.29) is 31.8 Å². The fourth-order valence-corrected chi connectivity index (χ4v) is 2.18. The predicted octanol–water partition coefficient (Wildman–Crippen LogP) is 0.864. The number of ether oxygens (including phenoxy) is 3. The van der Waals surface area contributed by atoms with Gasteiger partial charge < -0.3 is 19.3 Å². The van der Waals surface area contributed by atoms with E-state index in [9.17, 15) is 14.7 Å². The van der Waals surface area contributed by atoms with Gasteiger partial charge in [0.25, 0.3) is 5.91 Å². The highest BCUT2D eigenvalue weighted by molar-refractivity contribution is 6.02. The molecule has 1 aromatic rings. The lowest BCUT2D eigenvalue weighted by Crippen LogP contribution is -2.43. The Morgan fingerprint density at radius 2 is 2.18 bits per heavy atom. The SMILES string of the molecule is COc1cc(CO)cc2c1OCC(=O)N2CC(=O)OC(C)C. The van der Waals surface area contributed by atoms with E-state index in [1.54, 1.807) is 26.0 Å². The molecular formula is C15H19NO6. The number of nitrogens with zero attached hydrogens (tertiary/aromatic N) is 1. The summed E-state index contributed by atoms with van der Waals surface area (Å²) in [5, 5.41) is 9.32. The van der Waals surface area contributed by atoms with Gasteiger partial charge in [0.2, 0.25) is 0 Å². The fourth-order valence-electron chi connectivity index (χ4n) is 2.18. The normalized spacial score (nSPS) is 13.7. The maximum Gasteiger partial charge on any atom is 0.326 e. The van der Waals surface area contributed by atoms with Crippen molar-refractivity contribution in [2.75, 3.05) is 25.2 Å². The molecule has 1 aliphatic rings. The van der Waals surface area contributed by atoms with Crippen LogP contribution in [0.2, 0.25) is 0 Å². The van der Waals surface area contributed by atoms with Crippen molar-refractivity contribution in [1.29, 1.82) is 0 Å². The zero-order valence-corrected chi connectivity index (χ0v) is 12.8. The van der Waals surface area contributed by atoms with E-state index >= 15 is 0 Å². The van der Waals surface area contributed by atoms with Crippen molar-refractivity contribution in [1.82, 2.24) is 0 Å². The molecule has 0 atom stereocenters. The molecule has 7 nitrogen and oxygen atoms in total. The molecule has 7 heteroatoms. The summed E-state index contributed by atoms with van der Waals surface area (Å²) in [5.41, 5.74) is 0.941. The number of hydrogen-bond acceptors (Lipinski definition) is 6. The van der Waals surface area contributed by atoms with E-state index in [4.69, 9.17) is 14.2 Å². The molecule has 22 heavy (non-hydrogen) atoms. The molecule has 0 saturated carbocycles. The quantitative estimate of drug-likeness (QED) is 0.812. The summed E-state index contributed by atoms with van der Waals surface area (Å²) in [6.07, 6.45) is -0.263. The summed E-state index contributed by atoms with van der Waals surface area (Å²) in [5.74, 6) is -0.0946. The van der Waals surface area contributed by atoms with Gasteiger partial charge in [-0.3, -0.25) is 14.5 Å². The topological polar surface area (TPSA) is 85.3 Å². The van der Waals surface area contributed by atoms with Crippen LogP contribution in [-0.2, 0) is 20.9 Å². The third-order valence-corrected chi connectivity index (χ3v) is 3.08. The molecule has 2 rings (SSSR count). The first kappa shape index (κ1) is 16.1. The number of anilines is 1. The number of benzene rings is 1. The second-order valence-electron chi connectivity index (χ2n) is 5.11. The Morgan fingerprint density at radius 3 is 2.77 bits per heavy atom. The number of methoxy groups -OCH3 is 1. The number of carbonyl (C=O) groups is 2. The van der Waals surface area contributed by atoms with Crippen LogP contribution < -0.4 is 14.4 Å². The Hall–Kier alpha value is -2.28. The van der Waals surface area contributed by atoms with Crippen LogP contribution in [0.4, 0.5) is 5.69 Å². The molecule has 120 valence electrons. The molecule has 0 saturated heterocycles. The van der Waals surface area contributed by atoms with Crippen molar-refractivity contribution in [2.24, 2.45) is 0 Å². The zero-order valence-electron chi connectivity index (χ0n) is 12.8. The largest absolute Gasteiger partial charge is 0.493 e. The van der Waals surface area contributed by atoms with E-state index in [0.29, 0.717) is 22.7 Å².